The van der Waals surface area contributed by atoms with Gasteiger partial charge in [0.1, 0.15) is 10.3 Å². The van der Waals surface area contributed by atoms with E-state index in [0.717, 1.165) is 56.6 Å². The molecule has 1 saturated carbocycles. The Morgan fingerprint density at radius 2 is 1.79 bits per heavy atom. The number of rotatable bonds is 9. The first-order chi connectivity index (χ1) is 20.7. The number of alkyl halides is 3. The molecule has 1 N–H and O–H groups in total. The van der Waals surface area contributed by atoms with Crippen LogP contribution in [-0.2, 0) is 17.4 Å². The quantitative estimate of drug-likeness (QED) is 0.214. The Balaban J connectivity index is 1.20. The number of hydrogen-bond acceptors (Lipinski definition) is 7. The number of carbonyl (C=O) groups is 2. The summed E-state index contributed by atoms with van der Waals surface area (Å²) in [6.45, 7) is 5.85. The monoisotopic (exact) mass is 607 g/mol. The first-order valence-electron chi connectivity index (χ1n) is 14.6. The second kappa shape index (κ2) is 12.0. The van der Waals surface area contributed by atoms with Gasteiger partial charge in [0.25, 0.3) is 0 Å². The van der Waals surface area contributed by atoms with Crippen molar-refractivity contribution in [1.29, 1.82) is 0 Å². The fourth-order valence-corrected chi connectivity index (χ4v) is 6.22. The number of thiazole rings is 1. The summed E-state index contributed by atoms with van der Waals surface area (Å²) in [6, 6.07) is 14.7. The predicted octanol–water partition coefficient (Wildman–Crippen LogP) is 6.68. The van der Waals surface area contributed by atoms with Crippen LogP contribution in [0.4, 0.5) is 24.0 Å². The lowest BCUT2D eigenvalue weighted by atomic mass is 9.98. The van der Waals surface area contributed by atoms with Gasteiger partial charge in [-0.05, 0) is 67.8 Å². The van der Waals surface area contributed by atoms with Gasteiger partial charge in [-0.1, -0.05) is 36.5 Å². The molecule has 1 aliphatic carbocycles. The molecule has 1 saturated heterocycles. The minimum absolute atomic E-state index is 0.0147. The van der Waals surface area contributed by atoms with Crippen molar-refractivity contribution in [2.24, 2.45) is 5.92 Å². The van der Waals surface area contributed by atoms with Crippen LogP contribution in [0.5, 0.6) is 0 Å². The van der Waals surface area contributed by atoms with Crippen LogP contribution in [0.15, 0.2) is 54.6 Å². The van der Waals surface area contributed by atoms with Gasteiger partial charge in [0.2, 0.25) is 5.91 Å². The Morgan fingerprint density at radius 3 is 2.51 bits per heavy atom. The molecule has 2 aromatic heterocycles. The van der Waals surface area contributed by atoms with Crippen LogP contribution in [0.25, 0.3) is 21.6 Å². The number of piperazine rings is 1. The smallest absolute Gasteiger partial charge is 0.369 e. The third-order valence-electron chi connectivity index (χ3n) is 7.87. The minimum atomic E-state index is -4.56. The van der Waals surface area contributed by atoms with E-state index in [-0.39, 0.29) is 29.6 Å². The van der Waals surface area contributed by atoms with Gasteiger partial charge in [-0.2, -0.15) is 13.2 Å². The topological polar surface area (TPSA) is 78.4 Å². The van der Waals surface area contributed by atoms with Gasteiger partial charge in [0, 0.05) is 55.3 Å². The average molecular weight is 608 g/mol. The number of aromatic nitrogens is 2. The number of anilines is 2. The molecule has 224 valence electrons. The van der Waals surface area contributed by atoms with Crippen LogP contribution >= 0.6 is 11.3 Å². The molecule has 0 atom stereocenters. The molecule has 4 aromatic rings. The summed E-state index contributed by atoms with van der Waals surface area (Å²) in [6.07, 6.45) is -1.76. The van der Waals surface area contributed by atoms with Gasteiger partial charge in [-0.25, -0.2) is 9.97 Å². The molecule has 43 heavy (non-hydrogen) atoms. The molecule has 11 heteroatoms. The fourth-order valence-electron chi connectivity index (χ4n) is 5.38. The fraction of sp³-hybridized carbons (Fsp3) is 0.375. The Kier molecular flexibility index (Phi) is 8.19. The van der Waals surface area contributed by atoms with Crippen molar-refractivity contribution in [1.82, 2.24) is 14.9 Å². The lowest BCUT2D eigenvalue weighted by molar-refractivity contribution is -0.137. The Bertz CT molecular complexity index is 1660. The molecule has 7 nitrogen and oxygen atoms in total. The van der Waals surface area contributed by atoms with Crippen LogP contribution in [-0.4, -0.2) is 59.3 Å². The van der Waals surface area contributed by atoms with E-state index in [1.54, 1.807) is 12.1 Å². The highest BCUT2D eigenvalue weighted by atomic mass is 32.1. The molecule has 2 aromatic carbocycles. The van der Waals surface area contributed by atoms with Crippen molar-refractivity contribution in [3.05, 3.63) is 71.3 Å². The van der Waals surface area contributed by atoms with E-state index in [1.165, 1.54) is 11.3 Å². The molecule has 2 fully saturated rings. The van der Waals surface area contributed by atoms with Crippen molar-refractivity contribution in [3.63, 3.8) is 0 Å². The molecule has 0 unspecified atom stereocenters. The summed E-state index contributed by atoms with van der Waals surface area (Å²) in [5, 5.41) is 3.37. The number of benzene rings is 2. The summed E-state index contributed by atoms with van der Waals surface area (Å²) in [5.74, 6) is -0.320. The zero-order valence-electron chi connectivity index (χ0n) is 23.8. The van der Waals surface area contributed by atoms with E-state index < -0.39 is 11.7 Å². The maximum Gasteiger partial charge on any atom is 0.416 e. The van der Waals surface area contributed by atoms with Gasteiger partial charge in [0.15, 0.2) is 10.9 Å². The zero-order valence-corrected chi connectivity index (χ0v) is 24.6. The van der Waals surface area contributed by atoms with E-state index in [1.807, 2.05) is 35.2 Å². The third kappa shape index (κ3) is 6.88. The van der Waals surface area contributed by atoms with Crippen LogP contribution in [0.2, 0.25) is 0 Å². The van der Waals surface area contributed by atoms with Crippen LogP contribution in [0.3, 0.4) is 0 Å². The number of carbonyl (C=O) groups excluding carboxylic acids is 2. The van der Waals surface area contributed by atoms with E-state index in [4.69, 9.17) is 4.98 Å². The van der Waals surface area contributed by atoms with Gasteiger partial charge in [-0.15, -0.1) is 0 Å². The molecular formula is C32H32F3N5O2S. The number of fused-ring (bicyclic) bond motifs is 1. The van der Waals surface area contributed by atoms with Gasteiger partial charge >= 0.3 is 6.18 Å². The highest BCUT2D eigenvalue weighted by Gasteiger charge is 2.33. The maximum atomic E-state index is 13.9. The van der Waals surface area contributed by atoms with Crippen molar-refractivity contribution in [2.75, 3.05) is 42.9 Å². The second-order valence-electron chi connectivity index (χ2n) is 11.2. The van der Waals surface area contributed by atoms with Crippen LogP contribution in [0.1, 0.15) is 47.7 Å². The first-order valence-corrected chi connectivity index (χ1v) is 15.4. The number of hydrogen-bond donors (Lipinski definition) is 1. The Labute approximate surface area is 251 Å². The largest absolute Gasteiger partial charge is 0.416 e. The number of ketones is 1. The molecule has 1 aliphatic heterocycles. The van der Waals surface area contributed by atoms with Crippen molar-refractivity contribution < 1.29 is 22.8 Å². The second-order valence-corrected chi connectivity index (χ2v) is 12.2. The SMILES string of the molecule is CCCN1CCN(c2cc(C(=O)Cc3cccc(-c4ccc5nc(NC(=O)C6CC6)sc5n4)c3)cc(C(F)(F)F)c2)CC1. The van der Waals surface area contributed by atoms with E-state index in [0.29, 0.717) is 45.5 Å². The Hall–Kier alpha value is -3.83. The highest BCUT2D eigenvalue weighted by Crippen LogP contribution is 2.35. The van der Waals surface area contributed by atoms with Crippen LogP contribution < -0.4 is 10.2 Å². The lowest BCUT2D eigenvalue weighted by Crippen LogP contribution is -2.46. The molecule has 3 heterocycles. The predicted molar refractivity (Wildman–Crippen MR) is 163 cm³/mol. The Morgan fingerprint density at radius 1 is 1.00 bits per heavy atom. The van der Waals surface area contributed by atoms with Gasteiger partial charge < -0.3 is 10.2 Å². The van der Waals surface area contributed by atoms with E-state index >= 15 is 0 Å². The molecule has 6 rings (SSSR count). The summed E-state index contributed by atoms with van der Waals surface area (Å²) >= 11 is 1.30. The standard InChI is InChI=1S/C32H32F3N5O2S/c1-2-10-39-11-13-40(14-12-39)25-18-23(17-24(19-25)32(33,34)35)28(41)16-20-4-3-5-22(15-20)26-8-9-27-30(36-26)43-31(37-27)38-29(42)21-6-7-21/h3-5,8-9,15,17-19,21H,2,6-7,10-14,16H2,1H3,(H,37,38,42). The summed E-state index contributed by atoms with van der Waals surface area (Å²) < 4.78 is 41.6. The zero-order chi connectivity index (χ0) is 30.1. The molecule has 1 amide bonds. The average Bonchev–Trinajstić information content (AvgIpc) is 3.77. The van der Waals surface area contributed by atoms with E-state index in [2.05, 4.69) is 22.1 Å². The molecule has 2 aliphatic rings. The summed E-state index contributed by atoms with van der Waals surface area (Å²) in [5.41, 5.74) is 2.48. The lowest BCUT2D eigenvalue weighted by Gasteiger charge is -2.36. The first kappa shape index (κ1) is 29.3. The van der Waals surface area contributed by atoms with E-state index in [9.17, 15) is 22.8 Å². The van der Waals surface area contributed by atoms with Crippen molar-refractivity contribution >= 4 is 44.2 Å². The van der Waals surface area contributed by atoms with Crippen molar-refractivity contribution in [3.8, 4) is 11.3 Å². The van der Waals surface area contributed by atoms with Gasteiger partial charge in [0.05, 0.1) is 11.3 Å². The summed E-state index contributed by atoms with van der Waals surface area (Å²) in [4.78, 5) is 39.6. The minimum Gasteiger partial charge on any atom is -0.369 e. The van der Waals surface area contributed by atoms with Crippen molar-refractivity contribution in [2.45, 2.75) is 38.8 Å². The number of Topliss-reactive ketones (excluding diaryl/α,β-unsaturated/α-hetero) is 1. The van der Waals surface area contributed by atoms with Crippen LogP contribution in [0, 0.1) is 5.92 Å². The number of halogens is 3. The molecule has 0 radical (unpaired) electrons. The maximum absolute atomic E-state index is 13.9. The number of pyridine rings is 1. The summed E-state index contributed by atoms with van der Waals surface area (Å²) in [7, 11) is 0. The molecule has 0 bridgehead atoms. The van der Waals surface area contributed by atoms with Gasteiger partial charge in [-0.3, -0.25) is 14.5 Å². The number of nitrogens with one attached hydrogen (secondary N) is 1. The molecule has 0 spiro atoms. The normalized spacial score (nSPS) is 16.0. The highest BCUT2D eigenvalue weighted by molar-refractivity contribution is 7.22. The molecular weight excluding hydrogens is 575 g/mol. The number of nitrogens with zero attached hydrogens (tertiary/aromatic N) is 4. The third-order valence-corrected chi connectivity index (χ3v) is 8.75. The number of amides is 1.